The number of carbonyl (C=O) groups excluding carboxylic acids is 1. The number of unbranched alkanes of at least 4 members (excludes halogenated alkanes) is 2. The molecule has 0 unspecified atom stereocenters. The summed E-state index contributed by atoms with van der Waals surface area (Å²) >= 11 is 1.47. The van der Waals surface area contributed by atoms with Crippen molar-refractivity contribution in [2.24, 2.45) is 0 Å². The van der Waals surface area contributed by atoms with Crippen molar-refractivity contribution in [1.82, 2.24) is 4.98 Å². The van der Waals surface area contributed by atoms with Gasteiger partial charge in [0.05, 0.1) is 19.4 Å². The Kier molecular flexibility index (Phi) is 8.45. The lowest BCUT2D eigenvalue weighted by Gasteiger charge is -2.11. The molecule has 1 amide bonds. The number of aromatic nitrogens is 1. The number of nitrogens with zero attached hydrogens (tertiary/aromatic N) is 1. The van der Waals surface area contributed by atoms with E-state index < -0.39 is 0 Å². The van der Waals surface area contributed by atoms with E-state index in [-0.39, 0.29) is 5.91 Å². The Morgan fingerprint density at radius 1 is 1.09 bits per heavy atom. The number of aryl methyl sites for hydroxylation is 2. The van der Waals surface area contributed by atoms with Crippen LogP contribution in [0, 0.1) is 13.8 Å². The molecular weight excluding hydrogens is 420 g/mol. The minimum Gasteiger partial charge on any atom is -0.493 e. The predicted molar refractivity (Wildman–Crippen MR) is 133 cm³/mol. The van der Waals surface area contributed by atoms with Gasteiger partial charge in [-0.3, -0.25) is 10.1 Å². The molecule has 0 aliphatic carbocycles. The van der Waals surface area contributed by atoms with Crippen molar-refractivity contribution in [2.75, 3.05) is 19.0 Å². The summed E-state index contributed by atoms with van der Waals surface area (Å²) in [4.78, 5) is 18.1. The van der Waals surface area contributed by atoms with Gasteiger partial charge in [0, 0.05) is 16.5 Å². The van der Waals surface area contributed by atoms with Gasteiger partial charge in [0.2, 0.25) is 5.91 Å². The van der Waals surface area contributed by atoms with E-state index in [4.69, 9.17) is 9.47 Å². The third-order valence-electron chi connectivity index (χ3n) is 4.97. The Bertz CT molecular complexity index is 1070. The van der Waals surface area contributed by atoms with E-state index in [1.165, 1.54) is 23.0 Å². The van der Waals surface area contributed by atoms with Crippen molar-refractivity contribution >= 4 is 28.5 Å². The van der Waals surface area contributed by atoms with Gasteiger partial charge in [-0.15, -0.1) is 11.3 Å². The molecule has 3 rings (SSSR count). The Morgan fingerprint density at radius 3 is 2.59 bits per heavy atom. The highest BCUT2D eigenvalue weighted by Crippen LogP contribution is 2.31. The molecule has 3 aromatic rings. The van der Waals surface area contributed by atoms with Crippen LogP contribution in [0.5, 0.6) is 11.5 Å². The fourth-order valence-electron chi connectivity index (χ4n) is 3.19. The van der Waals surface area contributed by atoms with Crippen LogP contribution in [0.2, 0.25) is 0 Å². The van der Waals surface area contributed by atoms with Crippen LogP contribution < -0.4 is 14.8 Å². The van der Waals surface area contributed by atoms with Crippen LogP contribution >= 0.6 is 11.3 Å². The monoisotopic (exact) mass is 450 g/mol. The molecule has 168 valence electrons. The lowest BCUT2D eigenvalue weighted by Crippen LogP contribution is -2.07. The number of hydrogen-bond donors (Lipinski definition) is 1. The summed E-state index contributed by atoms with van der Waals surface area (Å²) in [6.45, 7) is 6.89. The first kappa shape index (κ1) is 23.5. The fourth-order valence-corrected chi connectivity index (χ4v) is 4.03. The van der Waals surface area contributed by atoms with Gasteiger partial charge in [-0.1, -0.05) is 55.7 Å². The lowest BCUT2D eigenvalue weighted by atomic mass is 10.1. The number of rotatable bonds is 10. The molecule has 0 aliphatic heterocycles. The van der Waals surface area contributed by atoms with Crippen LogP contribution in [0.25, 0.3) is 17.3 Å². The van der Waals surface area contributed by atoms with Crippen molar-refractivity contribution in [2.45, 2.75) is 40.0 Å². The molecule has 1 aromatic heterocycles. The van der Waals surface area contributed by atoms with Gasteiger partial charge in [0.15, 0.2) is 16.6 Å². The summed E-state index contributed by atoms with van der Waals surface area (Å²) in [7, 11) is 1.62. The Balaban J connectivity index is 1.63. The zero-order valence-corrected chi connectivity index (χ0v) is 19.9. The molecule has 32 heavy (non-hydrogen) atoms. The van der Waals surface area contributed by atoms with Crippen molar-refractivity contribution in [3.63, 3.8) is 0 Å². The third kappa shape index (κ3) is 6.44. The Hall–Kier alpha value is -3.12. The first-order valence-corrected chi connectivity index (χ1v) is 11.7. The van der Waals surface area contributed by atoms with Gasteiger partial charge in [0.25, 0.3) is 0 Å². The molecule has 0 aliphatic rings. The number of methoxy groups -OCH3 is 1. The second kappa shape index (κ2) is 11.5. The van der Waals surface area contributed by atoms with Crippen LogP contribution in [0.3, 0.4) is 0 Å². The minimum absolute atomic E-state index is 0.229. The first-order valence-electron chi connectivity index (χ1n) is 10.8. The summed E-state index contributed by atoms with van der Waals surface area (Å²) in [6, 6.07) is 13.9. The van der Waals surface area contributed by atoms with Gasteiger partial charge >= 0.3 is 0 Å². The van der Waals surface area contributed by atoms with E-state index >= 15 is 0 Å². The summed E-state index contributed by atoms with van der Waals surface area (Å²) < 4.78 is 11.3. The number of amides is 1. The van der Waals surface area contributed by atoms with Crippen molar-refractivity contribution in [3.05, 3.63) is 64.5 Å². The quantitative estimate of drug-likeness (QED) is 0.277. The van der Waals surface area contributed by atoms with Gasteiger partial charge in [-0.2, -0.15) is 0 Å². The van der Waals surface area contributed by atoms with Crippen LogP contribution in [-0.2, 0) is 4.79 Å². The molecule has 5 nitrogen and oxygen atoms in total. The second-order valence-electron chi connectivity index (χ2n) is 7.58. The molecule has 2 aromatic carbocycles. The number of nitrogens with one attached hydrogen (secondary N) is 1. The molecule has 1 N–H and O–H groups in total. The molecule has 0 atom stereocenters. The van der Waals surface area contributed by atoms with Crippen LogP contribution in [-0.4, -0.2) is 24.6 Å². The number of benzene rings is 2. The molecule has 0 saturated heterocycles. The average Bonchev–Trinajstić information content (AvgIpc) is 3.15. The van der Waals surface area contributed by atoms with Crippen molar-refractivity contribution in [3.8, 4) is 22.8 Å². The highest BCUT2D eigenvalue weighted by molar-refractivity contribution is 7.16. The first-order chi connectivity index (χ1) is 15.5. The molecule has 1 heterocycles. The number of hydrogen-bond acceptors (Lipinski definition) is 5. The fraction of sp³-hybridized carbons (Fsp3) is 0.308. The zero-order chi connectivity index (χ0) is 22.9. The smallest absolute Gasteiger partial charge is 0.250 e. The Morgan fingerprint density at radius 2 is 1.88 bits per heavy atom. The number of thiazole rings is 1. The maximum atomic E-state index is 12.4. The van der Waals surface area contributed by atoms with E-state index in [0.717, 1.165) is 41.0 Å². The maximum absolute atomic E-state index is 12.4. The molecule has 0 saturated carbocycles. The highest BCUT2D eigenvalue weighted by atomic mass is 32.1. The van der Waals surface area contributed by atoms with Gasteiger partial charge in [-0.25, -0.2) is 4.98 Å². The topological polar surface area (TPSA) is 60.5 Å². The van der Waals surface area contributed by atoms with Gasteiger partial charge < -0.3 is 9.47 Å². The zero-order valence-electron chi connectivity index (χ0n) is 19.1. The SMILES string of the molecule is CCCCCOc1ccc(C=CC(=O)Nc2nc(-c3ccc(C)cc3)c(C)s2)cc1OC. The van der Waals surface area contributed by atoms with Crippen molar-refractivity contribution < 1.29 is 14.3 Å². The molecule has 6 heteroatoms. The van der Waals surface area contributed by atoms with E-state index in [2.05, 4.69) is 36.3 Å². The minimum atomic E-state index is -0.229. The third-order valence-corrected chi connectivity index (χ3v) is 5.86. The number of carbonyl (C=O) groups is 1. The molecule has 0 radical (unpaired) electrons. The standard InChI is InChI=1S/C26H30N2O3S/c1-5-6-7-16-31-22-14-10-20(17-23(22)30-4)11-15-24(29)27-26-28-25(19(3)32-26)21-12-8-18(2)9-13-21/h8-15,17H,5-7,16H2,1-4H3,(H,27,28,29). The average molecular weight is 451 g/mol. The number of ether oxygens (including phenoxy) is 2. The summed E-state index contributed by atoms with van der Waals surface area (Å²) in [5, 5.41) is 3.44. The van der Waals surface area contributed by atoms with Crippen LogP contribution in [0.1, 0.15) is 42.2 Å². The summed E-state index contributed by atoms with van der Waals surface area (Å²) in [6.07, 6.45) is 6.56. The van der Waals surface area contributed by atoms with Gasteiger partial charge in [-0.05, 0) is 44.0 Å². The van der Waals surface area contributed by atoms with Gasteiger partial charge in [0.1, 0.15) is 0 Å². The van der Waals surface area contributed by atoms with Crippen molar-refractivity contribution in [1.29, 1.82) is 0 Å². The largest absolute Gasteiger partial charge is 0.493 e. The van der Waals surface area contributed by atoms with Crippen LogP contribution in [0.15, 0.2) is 48.5 Å². The summed E-state index contributed by atoms with van der Waals surface area (Å²) in [5.41, 5.74) is 4.00. The van der Waals surface area contributed by atoms with E-state index in [9.17, 15) is 4.79 Å². The maximum Gasteiger partial charge on any atom is 0.250 e. The molecule has 0 spiro atoms. The molecule has 0 fully saturated rings. The molecule has 0 bridgehead atoms. The predicted octanol–water partition coefficient (Wildman–Crippen LogP) is 6.66. The van der Waals surface area contributed by atoms with Crippen LogP contribution in [0.4, 0.5) is 5.13 Å². The normalized spacial score (nSPS) is 11.0. The van der Waals surface area contributed by atoms with E-state index in [1.54, 1.807) is 13.2 Å². The number of anilines is 1. The molecular formula is C26H30N2O3S. The second-order valence-corrected chi connectivity index (χ2v) is 8.78. The highest BCUT2D eigenvalue weighted by Gasteiger charge is 2.11. The van der Waals surface area contributed by atoms with E-state index in [1.807, 2.05) is 37.3 Å². The lowest BCUT2D eigenvalue weighted by molar-refractivity contribution is -0.111. The Labute approximate surface area is 194 Å². The summed E-state index contributed by atoms with van der Waals surface area (Å²) in [5.74, 6) is 1.14. The van der Waals surface area contributed by atoms with E-state index in [0.29, 0.717) is 23.2 Å².